The molecule has 0 spiro atoms. The maximum absolute atomic E-state index is 13.2. The van der Waals surface area contributed by atoms with Gasteiger partial charge in [0.05, 0.1) is 17.4 Å². The second-order valence-corrected chi connectivity index (χ2v) is 9.43. The molecule has 3 N–H and O–H groups in total. The summed E-state index contributed by atoms with van der Waals surface area (Å²) >= 11 is 12.6. The number of amides is 1. The van der Waals surface area contributed by atoms with Crippen molar-refractivity contribution in [2.75, 3.05) is 5.73 Å². The van der Waals surface area contributed by atoms with Gasteiger partial charge in [0, 0.05) is 27.9 Å². The Morgan fingerprint density at radius 2 is 1.79 bits per heavy atom. The highest BCUT2D eigenvalue weighted by Crippen LogP contribution is 2.29. The minimum absolute atomic E-state index is 0.254. The first-order chi connectivity index (χ1) is 19.0. The minimum atomic E-state index is -0.486. The molecule has 3 aromatic carbocycles. The normalized spacial score (nSPS) is 11.9. The molecule has 1 amide bonds. The van der Waals surface area contributed by atoms with Gasteiger partial charge in [0.1, 0.15) is 6.33 Å². The van der Waals surface area contributed by atoms with Gasteiger partial charge in [-0.3, -0.25) is 4.79 Å². The van der Waals surface area contributed by atoms with E-state index in [-0.39, 0.29) is 11.1 Å². The lowest BCUT2D eigenvalue weighted by Gasteiger charge is -2.18. The lowest BCUT2D eigenvalue weighted by Crippen LogP contribution is -2.29. The third-order valence-corrected chi connectivity index (χ3v) is 6.46. The number of carbonyl (C=O) groups is 1. The average Bonchev–Trinajstić information content (AvgIpc) is 3.48. The highest BCUT2D eigenvalue weighted by Gasteiger charge is 2.19. The summed E-state index contributed by atoms with van der Waals surface area (Å²) in [5.74, 6) is -0.329. The van der Waals surface area contributed by atoms with Gasteiger partial charge in [0.2, 0.25) is 5.91 Å². The molecule has 9 nitrogen and oxygen atoms in total. The molecule has 0 bridgehead atoms. The van der Waals surface area contributed by atoms with Crippen LogP contribution < -0.4 is 11.1 Å². The summed E-state index contributed by atoms with van der Waals surface area (Å²) in [6.07, 6.45) is 5.05. The number of nitrogen functional groups attached to an aromatic ring is 1. The van der Waals surface area contributed by atoms with E-state index in [1.807, 2.05) is 48.5 Å². The van der Waals surface area contributed by atoms with Gasteiger partial charge < -0.3 is 11.1 Å². The van der Waals surface area contributed by atoms with Crippen LogP contribution in [0.4, 0.5) is 5.69 Å². The number of nitrogens with zero attached hydrogens (tertiary/aromatic N) is 6. The number of halogens is 2. The molecule has 0 aliphatic carbocycles. The number of tetrazole rings is 1. The summed E-state index contributed by atoms with van der Waals surface area (Å²) in [5, 5.41) is 23.6. The summed E-state index contributed by atoms with van der Waals surface area (Å²) in [6.45, 7) is 0. The number of carbonyl (C=O) groups excluding carboxylic acids is 1. The predicted octanol–water partition coefficient (Wildman–Crippen LogP) is 5.12. The highest BCUT2D eigenvalue weighted by molar-refractivity contribution is 6.32. The molecule has 2 aromatic heterocycles. The molecule has 0 aliphatic rings. The molecule has 0 saturated carbocycles. The SMILES string of the molecule is Nc1ccc(-c2cc([C@H](Cc3ccccc3)NC(=O)C=Cc3cc(Cl)ccc3-n3cnnn3)nnc2Cl)cc1. The second-order valence-electron chi connectivity index (χ2n) is 8.64. The van der Waals surface area contributed by atoms with Crippen molar-refractivity contribution in [1.82, 2.24) is 35.7 Å². The van der Waals surface area contributed by atoms with E-state index in [0.29, 0.717) is 39.6 Å². The van der Waals surface area contributed by atoms with Gasteiger partial charge in [-0.25, -0.2) is 0 Å². The Balaban J connectivity index is 1.44. The first kappa shape index (κ1) is 26.0. The average molecular weight is 557 g/mol. The molecular weight excluding hydrogens is 535 g/mol. The fourth-order valence-corrected chi connectivity index (χ4v) is 4.41. The highest BCUT2D eigenvalue weighted by atomic mass is 35.5. The van der Waals surface area contributed by atoms with Crippen molar-refractivity contribution in [3.63, 3.8) is 0 Å². The van der Waals surface area contributed by atoms with E-state index in [2.05, 4.69) is 31.0 Å². The summed E-state index contributed by atoms with van der Waals surface area (Å²) in [4.78, 5) is 13.2. The van der Waals surface area contributed by atoms with Gasteiger partial charge in [-0.2, -0.15) is 9.78 Å². The summed E-state index contributed by atoms with van der Waals surface area (Å²) in [6, 6.07) is 23.7. The van der Waals surface area contributed by atoms with Gasteiger partial charge in [-0.1, -0.05) is 65.7 Å². The third-order valence-electron chi connectivity index (χ3n) is 5.95. The second kappa shape index (κ2) is 11.8. The van der Waals surface area contributed by atoms with Crippen LogP contribution in [-0.4, -0.2) is 36.3 Å². The number of nitrogens with two attached hydrogens (primary N) is 1. The molecule has 0 unspecified atom stereocenters. The van der Waals surface area contributed by atoms with E-state index in [0.717, 1.165) is 11.1 Å². The Morgan fingerprint density at radius 1 is 1.00 bits per heavy atom. The molecule has 0 saturated heterocycles. The zero-order valence-corrected chi connectivity index (χ0v) is 22.0. The largest absolute Gasteiger partial charge is 0.399 e. The fraction of sp³-hybridized carbons (Fsp3) is 0.0714. The van der Waals surface area contributed by atoms with Crippen LogP contribution in [0, 0.1) is 0 Å². The molecule has 11 heteroatoms. The van der Waals surface area contributed by atoms with E-state index in [9.17, 15) is 4.79 Å². The predicted molar refractivity (Wildman–Crippen MR) is 151 cm³/mol. The fourth-order valence-electron chi connectivity index (χ4n) is 4.03. The Kier molecular flexibility index (Phi) is 7.91. The summed E-state index contributed by atoms with van der Waals surface area (Å²) in [5.41, 5.74) is 10.9. The van der Waals surface area contributed by atoms with Crippen molar-refractivity contribution in [2.45, 2.75) is 12.5 Å². The van der Waals surface area contributed by atoms with Gasteiger partial charge in [-0.05, 0) is 70.4 Å². The Morgan fingerprint density at radius 3 is 2.54 bits per heavy atom. The topological polar surface area (TPSA) is 124 Å². The monoisotopic (exact) mass is 556 g/mol. The first-order valence-corrected chi connectivity index (χ1v) is 12.7. The van der Waals surface area contributed by atoms with Crippen LogP contribution in [0.1, 0.15) is 22.9 Å². The van der Waals surface area contributed by atoms with Crippen molar-refractivity contribution >= 4 is 40.9 Å². The lowest BCUT2D eigenvalue weighted by atomic mass is 10.00. The van der Waals surface area contributed by atoms with Crippen molar-refractivity contribution in [3.8, 4) is 16.8 Å². The van der Waals surface area contributed by atoms with E-state index < -0.39 is 6.04 Å². The summed E-state index contributed by atoms with van der Waals surface area (Å²) < 4.78 is 1.49. The van der Waals surface area contributed by atoms with Crippen molar-refractivity contribution in [3.05, 3.63) is 118 Å². The number of benzene rings is 3. The lowest BCUT2D eigenvalue weighted by molar-refractivity contribution is -0.117. The van der Waals surface area contributed by atoms with Crippen LogP contribution in [-0.2, 0) is 11.2 Å². The number of hydrogen-bond donors (Lipinski definition) is 2. The molecule has 0 radical (unpaired) electrons. The number of nitrogens with one attached hydrogen (secondary N) is 1. The Bertz CT molecular complexity index is 1610. The van der Waals surface area contributed by atoms with Crippen molar-refractivity contribution in [2.24, 2.45) is 0 Å². The van der Waals surface area contributed by atoms with E-state index >= 15 is 0 Å². The Labute approximate surface area is 234 Å². The van der Waals surface area contributed by atoms with Crippen molar-refractivity contribution in [1.29, 1.82) is 0 Å². The summed E-state index contributed by atoms with van der Waals surface area (Å²) in [7, 11) is 0. The van der Waals surface area contributed by atoms with Gasteiger partial charge in [0.15, 0.2) is 5.15 Å². The number of rotatable bonds is 8. The molecule has 1 atom stereocenters. The minimum Gasteiger partial charge on any atom is -0.399 e. The Hall–Kier alpha value is -4.60. The van der Waals surface area contributed by atoms with Crippen LogP contribution in [0.25, 0.3) is 22.9 Å². The number of anilines is 1. The van der Waals surface area contributed by atoms with Crippen LogP contribution in [0.2, 0.25) is 10.2 Å². The smallest absolute Gasteiger partial charge is 0.244 e. The van der Waals surface area contributed by atoms with Crippen LogP contribution in [0.5, 0.6) is 0 Å². The van der Waals surface area contributed by atoms with Crippen molar-refractivity contribution < 1.29 is 4.79 Å². The van der Waals surface area contributed by atoms with Crippen LogP contribution in [0.3, 0.4) is 0 Å². The quantitative estimate of drug-likeness (QED) is 0.200. The zero-order valence-electron chi connectivity index (χ0n) is 20.4. The number of hydrogen-bond acceptors (Lipinski definition) is 7. The molecule has 2 heterocycles. The van der Waals surface area contributed by atoms with E-state index in [1.54, 1.807) is 36.4 Å². The molecule has 5 aromatic rings. The van der Waals surface area contributed by atoms with Crippen LogP contribution >= 0.6 is 23.2 Å². The van der Waals surface area contributed by atoms with Gasteiger partial charge >= 0.3 is 0 Å². The maximum atomic E-state index is 13.2. The molecule has 0 aliphatic heterocycles. The molecule has 5 rings (SSSR count). The van der Waals surface area contributed by atoms with Gasteiger partial charge in [-0.15, -0.1) is 10.2 Å². The zero-order chi connectivity index (χ0) is 27.2. The van der Waals surface area contributed by atoms with Gasteiger partial charge in [0.25, 0.3) is 0 Å². The third kappa shape index (κ3) is 6.46. The van der Waals surface area contributed by atoms with E-state index in [1.165, 1.54) is 17.1 Å². The molecule has 39 heavy (non-hydrogen) atoms. The standard InChI is InChI=1S/C28H22Cl2N8O/c29-21-9-12-26(38-17-32-36-37-38)20(15-21)8-13-27(39)33-24(14-18-4-2-1-3-5-18)25-16-23(28(30)35-34-25)19-6-10-22(31)11-7-19/h1-13,15-17,24H,14,31H2,(H,33,39)/t24-/m0/s1. The molecule has 194 valence electrons. The van der Waals surface area contributed by atoms with E-state index in [4.69, 9.17) is 28.9 Å². The molecule has 0 fully saturated rings. The maximum Gasteiger partial charge on any atom is 0.244 e. The molecular formula is C28H22Cl2N8O. The number of aromatic nitrogens is 6. The van der Waals surface area contributed by atoms with Crippen LogP contribution in [0.15, 0.2) is 91.3 Å². The first-order valence-electron chi connectivity index (χ1n) is 11.9.